The van der Waals surface area contributed by atoms with Gasteiger partial charge in [-0.05, 0) is 23.4 Å². The predicted molar refractivity (Wildman–Crippen MR) is 39.2 cm³/mol. The van der Waals surface area contributed by atoms with Crippen molar-refractivity contribution in [2.24, 2.45) is 0 Å². The fourth-order valence-corrected chi connectivity index (χ4v) is 1.11. The van der Waals surface area contributed by atoms with Crippen LogP contribution in [-0.4, -0.2) is 25.0 Å². The van der Waals surface area contributed by atoms with E-state index in [1.165, 1.54) is 4.52 Å². The highest BCUT2D eigenvalue weighted by Crippen LogP contribution is 2.06. The topological polar surface area (TPSA) is 56.0 Å². The average Bonchev–Trinajstić information content (AvgIpc) is 2.34. The van der Waals surface area contributed by atoms with E-state index in [9.17, 15) is 0 Å². The van der Waals surface area contributed by atoms with Crippen LogP contribution in [0.5, 0.6) is 0 Å². The first-order valence-electron chi connectivity index (χ1n) is 3.00. The second-order valence-electron chi connectivity index (χ2n) is 2.13. The summed E-state index contributed by atoms with van der Waals surface area (Å²) in [6, 6.07) is 1.75. The standard InChI is InChI=1S/C5H4N5S/c1-3-2-4(11)10-5(6-3)7-8-9-10/h2H,1H3. The molecule has 55 valence electrons. The van der Waals surface area contributed by atoms with Crippen LogP contribution in [-0.2, 0) is 0 Å². The van der Waals surface area contributed by atoms with Crippen LogP contribution in [0.15, 0.2) is 11.1 Å². The van der Waals surface area contributed by atoms with Crippen molar-refractivity contribution in [2.75, 3.05) is 0 Å². The van der Waals surface area contributed by atoms with Crippen LogP contribution in [0.3, 0.4) is 0 Å². The Bertz CT molecular complexity index is 395. The smallest absolute Gasteiger partial charge is 0.215 e. The molecule has 0 N–H and O–H groups in total. The average molecular weight is 166 g/mol. The highest BCUT2D eigenvalue weighted by molar-refractivity contribution is 7.80. The molecule has 2 aromatic rings. The van der Waals surface area contributed by atoms with Gasteiger partial charge in [-0.2, -0.15) is 4.52 Å². The van der Waals surface area contributed by atoms with Crippen molar-refractivity contribution in [1.82, 2.24) is 25.0 Å². The molecule has 0 saturated carbocycles. The Balaban J connectivity index is 2.91. The van der Waals surface area contributed by atoms with Gasteiger partial charge in [-0.15, -0.1) is 0 Å². The Morgan fingerprint density at radius 1 is 1.55 bits per heavy atom. The molecule has 0 spiro atoms. The van der Waals surface area contributed by atoms with Crippen LogP contribution in [0, 0.1) is 6.92 Å². The molecule has 2 heterocycles. The van der Waals surface area contributed by atoms with Crippen molar-refractivity contribution in [3.63, 3.8) is 0 Å². The maximum Gasteiger partial charge on any atom is 0.274 e. The zero-order valence-electron chi connectivity index (χ0n) is 5.72. The van der Waals surface area contributed by atoms with Crippen LogP contribution in [0.25, 0.3) is 5.78 Å². The molecular formula is C5H4N5S. The van der Waals surface area contributed by atoms with E-state index in [1.54, 1.807) is 6.07 Å². The SMILES string of the molecule is Cc1cc([S])n2nnnc2n1. The molecule has 0 fully saturated rings. The molecule has 11 heavy (non-hydrogen) atoms. The summed E-state index contributed by atoms with van der Waals surface area (Å²) in [4.78, 5) is 4.06. The van der Waals surface area contributed by atoms with E-state index in [2.05, 4.69) is 20.5 Å². The number of fused-ring (bicyclic) bond motifs is 1. The summed E-state index contributed by atoms with van der Waals surface area (Å²) in [6.45, 7) is 1.85. The van der Waals surface area contributed by atoms with Crippen LogP contribution in [0.4, 0.5) is 0 Å². The molecule has 6 heteroatoms. The molecule has 2 aromatic heterocycles. The molecule has 0 saturated heterocycles. The summed E-state index contributed by atoms with van der Waals surface area (Å²) < 4.78 is 1.42. The summed E-state index contributed by atoms with van der Waals surface area (Å²) in [6.07, 6.45) is 0. The van der Waals surface area contributed by atoms with Crippen LogP contribution < -0.4 is 0 Å². The minimum absolute atomic E-state index is 0.454. The third-order valence-corrected chi connectivity index (χ3v) is 1.56. The molecule has 0 aliphatic heterocycles. The van der Waals surface area contributed by atoms with Gasteiger partial charge in [0.05, 0.1) is 0 Å². The minimum Gasteiger partial charge on any atom is -0.215 e. The van der Waals surface area contributed by atoms with Crippen molar-refractivity contribution in [2.45, 2.75) is 11.9 Å². The molecule has 0 aliphatic rings. The quantitative estimate of drug-likeness (QED) is 0.531. The fraction of sp³-hybridized carbons (Fsp3) is 0.200. The lowest BCUT2D eigenvalue weighted by molar-refractivity contribution is 0.766. The molecular weight excluding hydrogens is 162 g/mol. The van der Waals surface area contributed by atoms with Crippen LogP contribution in [0.1, 0.15) is 5.69 Å². The summed E-state index contributed by atoms with van der Waals surface area (Å²) >= 11 is 4.98. The van der Waals surface area contributed by atoms with E-state index in [4.69, 9.17) is 12.6 Å². The van der Waals surface area contributed by atoms with Gasteiger partial charge in [0.2, 0.25) is 0 Å². The van der Waals surface area contributed by atoms with E-state index in [0.717, 1.165) is 5.69 Å². The molecule has 0 amide bonds. The normalized spacial score (nSPS) is 10.6. The van der Waals surface area contributed by atoms with Gasteiger partial charge < -0.3 is 0 Å². The Kier molecular flexibility index (Phi) is 1.22. The van der Waals surface area contributed by atoms with Gasteiger partial charge in [0.25, 0.3) is 5.78 Å². The number of nitrogens with zero attached hydrogens (tertiary/aromatic N) is 5. The van der Waals surface area contributed by atoms with E-state index in [1.807, 2.05) is 6.92 Å². The molecule has 1 radical (unpaired) electrons. The number of rotatable bonds is 0. The number of aromatic nitrogens is 5. The highest BCUT2D eigenvalue weighted by atomic mass is 32.1. The van der Waals surface area contributed by atoms with Gasteiger partial charge in [0.1, 0.15) is 5.03 Å². The lowest BCUT2D eigenvalue weighted by Gasteiger charge is -1.93. The first kappa shape index (κ1) is 6.41. The zero-order valence-corrected chi connectivity index (χ0v) is 6.54. The molecule has 0 unspecified atom stereocenters. The summed E-state index contributed by atoms with van der Waals surface area (Å²) in [5.74, 6) is 0.454. The van der Waals surface area contributed by atoms with Gasteiger partial charge in [0, 0.05) is 5.69 Å². The third-order valence-electron chi connectivity index (χ3n) is 1.27. The first-order valence-corrected chi connectivity index (χ1v) is 3.41. The number of hydrogen-bond donors (Lipinski definition) is 0. The Labute approximate surface area is 67.9 Å². The summed E-state index contributed by atoms with van der Waals surface area (Å²) in [5.41, 5.74) is 0.831. The molecule has 0 bridgehead atoms. The van der Waals surface area contributed by atoms with Crippen molar-refractivity contribution >= 4 is 18.4 Å². The Morgan fingerprint density at radius 3 is 3.18 bits per heavy atom. The van der Waals surface area contributed by atoms with E-state index in [-0.39, 0.29) is 0 Å². The third kappa shape index (κ3) is 0.911. The maximum absolute atomic E-state index is 4.98. The second-order valence-corrected chi connectivity index (χ2v) is 2.54. The zero-order chi connectivity index (χ0) is 7.84. The van der Waals surface area contributed by atoms with Gasteiger partial charge in [-0.25, -0.2) is 4.98 Å². The van der Waals surface area contributed by atoms with Crippen LogP contribution >= 0.6 is 12.6 Å². The van der Waals surface area contributed by atoms with Crippen LogP contribution in [0.2, 0.25) is 0 Å². The van der Waals surface area contributed by atoms with Crippen molar-refractivity contribution < 1.29 is 0 Å². The van der Waals surface area contributed by atoms with Gasteiger partial charge >= 0.3 is 0 Å². The number of hydrogen-bond acceptors (Lipinski definition) is 4. The lowest BCUT2D eigenvalue weighted by atomic mass is 10.5. The molecule has 0 atom stereocenters. The molecule has 0 aliphatic carbocycles. The minimum atomic E-state index is 0.454. The number of aryl methyl sites for hydroxylation is 1. The van der Waals surface area contributed by atoms with Crippen molar-refractivity contribution in [3.8, 4) is 0 Å². The van der Waals surface area contributed by atoms with E-state index in [0.29, 0.717) is 10.8 Å². The maximum atomic E-state index is 4.98. The molecule has 0 aromatic carbocycles. The fourth-order valence-electron chi connectivity index (χ4n) is 0.825. The van der Waals surface area contributed by atoms with Crippen molar-refractivity contribution in [3.05, 3.63) is 11.8 Å². The van der Waals surface area contributed by atoms with E-state index >= 15 is 0 Å². The van der Waals surface area contributed by atoms with E-state index < -0.39 is 0 Å². The van der Waals surface area contributed by atoms with Crippen molar-refractivity contribution in [1.29, 1.82) is 0 Å². The second kappa shape index (κ2) is 2.09. The monoisotopic (exact) mass is 166 g/mol. The molecule has 2 rings (SSSR count). The predicted octanol–water partition coefficient (Wildman–Crippen LogP) is 0.384. The highest BCUT2D eigenvalue weighted by Gasteiger charge is 2.02. The largest absolute Gasteiger partial charge is 0.274 e. The molecule has 5 nitrogen and oxygen atoms in total. The van der Waals surface area contributed by atoms with Gasteiger partial charge in [0.15, 0.2) is 0 Å². The lowest BCUT2D eigenvalue weighted by Crippen LogP contribution is -1.94. The summed E-state index contributed by atoms with van der Waals surface area (Å²) in [7, 11) is 0. The number of tetrazole rings is 1. The van der Waals surface area contributed by atoms with Gasteiger partial charge in [-0.1, -0.05) is 17.7 Å². The first-order chi connectivity index (χ1) is 5.27. The van der Waals surface area contributed by atoms with Gasteiger partial charge in [-0.3, -0.25) is 0 Å². The summed E-state index contributed by atoms with van der Waals surface area (Å²) in [5, 5.41) is 11.3. The Morgan fingerprint density at radius 2 is 2.36 bits per heavy atom. The Hall–Kier alpha value is -1.30.